The Bertz CT molecular complexity index is 1460. The lowest BCUT2D eigenvalue weighted by Crippen LogP contribution is -2.45. The summed E-state index contributed by atoms with van der Waals surface area (Å²) in [5, 5.41) is 0. The minimum atomic E-state index is -0.517. The van der Waals surface area contributed by atoms with Gasteiger partial charge in [0.25, 0.3) is 0 Å². The van der Waals surface area contributed by atoms with Crippen molar-refractivity contribution in [2.24, 2.45) is 11.8 Å². The van der Waals surface area contributed by atoms with Gasteiger partial charge >= 0.3 is 5.97 Å². The fourth-order valence-electron chi connectivity index (χ4n) is 5.60. The fraction of sp³-hybridized carbons (Fsp3) is 0.419. The molecule has 2 fully saturated rings. The van der Waals surface area contributed by atoms with Crippen molar-refractivity contribution in [2.45, 2.75) is 52.0 Å². The number of anilines is 1. The molecule has 1 aromatic carbocycles. The molecule has 9 nitrogen and oxygen atoms in total. The van der Waals surface area contributed by atoms with Crippen molar-refractivity contribution >= 4 is 29.0 Å². The van der Waals surface area contributed by atoms with Gasteiger partial charge in [0.15, 0.2) is 11.2 Å². The highest BCUT2D eigenvalue weighted by atomic mass is 16.5. The number of carbonyl (C=O) groups is 2. The minimum Gasteiger partial charge on any atom is -0.462 e. The standard InChI is InChI=1S/C31H33N3O6/c1-3-38-31(36)24-17-26(20-10-12-21(13-11-20)28-33-27-25(39-28)5-4-15-32-27)40-30(24)34(23-14-16-37-18-23)29(35)22-8-6-19(2)7-9-22/h4-5,10-13,15,17,19,22-23H,3,6-9,14,16,18H2,1-2H3. The number of benzene rings is 1. The number of rotatable bonds is 7. The van der Waals surface area contributed by atoms with Crippen LogP contribution in [-0.4, -0.2) is 47.7 Å². The van der Waals surface area contributed by atoms with Crippen LogP contribution in [0.3, 0.4) is 0 Å². The number of fused-ring (bicyclic) bond motifs is 1. The molecule has 9 heteroatoms. The molecule has 0 spiro atoms. The van der Waals surface area contributed by atoms with Gasteiger partial charge < -0.3 is 18.3 Å². The summed E-state index contributed by atoms with van der Waals surface area (Å²) in [4.78, 5) is 37.5. The Labute approximate surface area is 232 Å². The van der Waals surface area contributed by atoms with Crippen molar-refractivity contribution in [3.8, 4) is 22.8 Å². The molecule has 40 heavy (non-hydrogen) atoms. The average Bonchev–Trinajstić information content (AvgIpc) is 3.74. The largest absolute Gasteiger partial charge is 0.462 e. The van der Waals surface area contributed by atoms with Crippen molar-refractivity contribution in [2.75, 3.05) is 24.7 Å². The van der Waals surface area contributed by atoms with Gasteiger partial charge in [0.1, 0.15) is 11.3 Å². The van der Waals surface area contributed by atoms with Crippen molar-refractivity contribution in [1.82, 2.24) is 9.97 Å². The van der Waals surface area contributed by atoms with Crippen LogP contribution in [0, 0.1) is 11.8 Å². The second kappa shape index (κ2) is 11.3. The molecule has 4 aromatic rings. The minimum absolute atomic E-state index is 0.00577. The molecule has 1 saturated heterocycles. The van der Waals surface area contributed by atoms with Crippen LogP contribution < -0.4 is 4.90 Å². The van der Waals surface area contributed by atoms with E-state index < -0.39 is 5.97 Å². The molecule has 208 valence electrons. The summed E-state index contributed by atoms with van der Waals surface area (Å²) in [5.74, 6) is 1.16. The van der Waals surface area contributed by atoms with Crippen molar-refractivity contribution < 1.29 is 27.9 Å². The predicted octanol–water partition coefficient (Wildman–Crippen LogP) is 6.27. The summed E-state index contributed by atoms with van der Waals surface area (Å²) in [6.45, 7) is 5.17. The van der Waals surface area contributed by atoms with Crippen LogP contribution in [0.15, 0.2) is 57.5 Å². The first-order valence-corrected chi connectivity index (χ1v) is 14.1. The Morgan fingerprint density at radius 2 is 1.80 bits per heavy atom. The first kappa shape index (κ1) is 26.3. The van der Waals surface area contributed by atoms with Gasteiger partial charge in [-0.25, -0.2) is 9.78 Å². The average molecular weight is 544 g/mol. The maximum absolute atomic E-state index is 14.0. The Balaban J connectivity index is 1.35. The molecule has 1 atom stereocenters. The fourth-order valence-corrected chi connectivity index (χ4v) is 5.60. The van der Waals surface area contributed by atoms with Gasteiger partial charge in [0.05, 0.1) is 19.3 Å². The number of amides is 1. The smallest absolute Gasteiger partial charge is 0.343 e. The SMILES string of the molecule is CCOC(=O)c1cc(-c2ccc(-c3nc4ncccc4o3)cc2)oc1N(C(=O)C1CCC(C)CC1)C1CCOC1. The van der Waals surface area contributed by atoms with E-state index in [9.17, 15) is 9.59 Å². The van der Waals surface area contributed by atoms with Crippen LogP contribution in [0.4, 0.5) is 5.88 Å². The van der Waals surface area contributed by atoms with Crippen LogP contribution in [0.2, 0.25) is 0 Å². The van der Waals surface area contributed by atoms with Crippen molar-refractivity contribution in [3.63, 3.8) is 0 Å². The van der Waals surface area contributed by atoms with Gasteiger partial charge in [0.2, 0.25) is 17.7 Å². The highest BCUT2D eigenvalue weighted by Gasteiger charge is 2.39. The van der Waals surface area contributed by atoms with Crippen LogP contribution in [-0.2, 0) is 14.3 Å². The molecular formula is C31H33N3O6. The third-order valence-corrected chi connectivity index (χ3v) is 7.88. The Morgan fingerprint density at radius 3 is 2.50 bits per heavy atom. The molecule has 0 radical (unpaired) electrons. The molecule has 6 rings (SSSR count). The molecule has 1 amide bonds. The highest BCUT2D eigenvalue weighted by Crippen LogP contribution is 2.38. The molecule has 4 heterocycles. The monoisotopic (exact) mass is 543 g/mol. The number of nitrogens with zero attached hydrogens (tertiary/aromatic N) is 3. The Morgan fingerprint density at radius 1 is 1.02 bits per heavy atom. The lowest BCUT2D eigenvalue weighted by Gasteiger charge is -2.33. The second-order valence-corrected chi connectivity index (χ2v) is 10.7. The molecule has 3 aromatic heterocycles. The van der Waals surface area contributed by atoms with Gasteiger partial charge in [-0.15, -0.1) is 0 Å². The van der Waals surface area contributed by atoms with Crippen LogP contribution in [0.25, 0.3) is 34.0 Å². The quantitative estimate of drug-likeness (QED) is 0.251. The van der Waals surface area contributed by atoms with E-state index in [0.717, 1.165) is 36.8 Å². The first-order chi connectivity index (χ1) is 19.5. The number of hydrogen-bond acceptors (Lipinski definition) is 8. The number of pyridine rings is 1. The predicted molar refractivity (Wildman–Crippen MR) is 149 cm³/mol. The molecule has 0 N–H and O–H groups in total. The van der Waals surface area contributed by atoms with E-state index in [1.165, 1.54) is 0 Å². The maximum atomic E-state index is 14.0. The molecule has 1 aliphatic carbocycles. The number of furan rings is 1. The number of oxazole rings is 1. The van der Waals surface area contributed by atoms with E-state index in [1.807, 2.05) is 30.3 Å². The number of carbonyl (C=O) groups excluding carboxylic acids is 2. The van der Waals surface area contributed by atoms with E-state index >= 15 is 0 Å². The highest BCUT2D eigenvalue weighted by molar-refractivity contribution is 6.03. The lowest BCUT2D eigenvalue weighted by atomic mass is 9.82. The van der Waals surface area contributed by atoms with E-state index in [2.05, 4.69) is 16.9 Å². The van der Waals surface area contributed by atoms with Gasteiger partial charge in [-0.2, -0.15) is 4.98 Å². The molecule has 2 aliphatic rings. The summed E-state index contributed by atoms with van der Waals surface area (Å²) in [6, 6.07) is 12.6. The third kappa shape index (κ3) is 5.13. The molecule has 0 bridgehead atoms. The number of aromatic nitrogens is 2. The number of ether oxygens (including phenoxy) is 2. The van der Waals surface area contributed by atoms with Crippen LogP contribution >= 0.6 is 0 Å². The Hall–Kier alpha value is -3.98. The molecule has 1 unspecified atom stereocenters. The normalized spacial score (nSPS) is 21.0. The number of esters is 1. The first-order valence-electron chi connectivity index (χ1n) is 14.1. The van der Waals surface area contributed by atoms with Crippen LogP contribution in [0.5, 0.6) is 0 Å². The van der Waals surface area contributed by atoms with Gasteiger partial charge in [-0.05, 0) is 69.2 Å². The second-order valence-electron chi connectivity index (χ2n) is 10.7. The van der Waals surface area contributed by atoms with Crippen molar-refractivity contribution in [3.05, 3.63) is 54.2 Å². The summed E-state index contributed by atoms with van der Waals surface area (Å²) >= 11 is 0. The topological polar surface area (TPSA) is 108 Å². The summed E-state index contributed by atoms with van der Waals surface area (Å²) in [6.07, 6.45) is 6.05. The van der Waals surface area contributed by atoms with E-state index in [4.69, 9.17) is 18.3 Å². The molecular weight excluding hydrogens is 510 g/mol. The molecule has 1 aliphatic heterocycles. The van der Waals surface area contributed by atoms with E-state index in [1.54, 1.807) is 30.2 Å². The van der Waals surface area contributed by atoms with Crippen LogP contribution in [0.1, 0.15) is 56.3 Å². The zero-order valence-corrected chi connectivity index (χ0v) is 22.8. The zero-order valence-electron chi connectivity index (χ0n) is 22.8. The van der Waals surface area contributed by atoms with Gasteiger partial charge in [-0.3, -0.25) is 9.69 Å². The summed E-state index contributed by atoms with van der Waals surface area (Å²) in [5.41, 5.74) is 2.94. The summed E-state index contributed by atoms with van der Waals surface area (Å²) < 4.78 is 23.3. The third-order valence-electron chi connectivity index (χ3n) is 7.88. The molecule has 1 saturated carbocycles. The maximum Gasteiger partial charge on any atom is 0.343 e. The van der Waals surface area contributed by atoms with E-state index in [-0.39, 0.29) is 35.9 Å². The lowest BCUT2D eigenvalue weighted by molar-refractivity contribution is -0.124. The summed E-state index contributed by atoms with van der Waals surface area (Å²) in [7, 11) is 0. The number of hydrogen-bond donors (Lipinski definition) is 0. The van der Waals surface area contributed by atoms with Gasteiger partial charge in [0, 0.05) is 35.9 Å². The van der Waals surface area contributed by atoms with E-state index in [0.29, 0.717) is 48.4 Å². The van der Waals surface area contributed by atoms with Gasteiger partial charge in [-0.1, -0.05) is 19.1 Å². The zero-order chi connectivity index (χ0) is 27.6. The Kier molecular flexibility index (Phi) is 7.38. The van der Waals surface area contributed by atoms with Crippen molar-refractivity contribution in [1.29, 1.82) is 0 Å².